The number of imidazole rings is 1. The second kappa shape index (κ2) is 6.27. The molecule has 0 aliphatic carbocycles. The standard InChI is InChI=1S/C10H16N6O2S2/c1-7-13-5-8(14-7)6-19-4-3-12-10-9(11-2)15-20(17,18)16-10/h5H,3-4,6H2,1-2H3,(H,11,15)(H,12,16)(H,13,14). The number of aryl methyl sites for hydroxylation is 1. The van der Waals surface area contributed by atoms with Crippen molar-refractivity contribution in [3.05, 3.63) is 17.7 Å². The molecule has 0 saturated heterocycles. The maximum absolute atomic E-state index is 11.2. The van der Waals surface area contributed by atoms with Crippen molar-refractivity contribution >= 4 is 33.6 Å². The van der Waals surface area contributed by atoms with Crippen LogP contribution in [0.25, 0.3) is 0 Å². The lowest BCUT2D eigenvalue weighted by Crippen LogP contribution is -2.37. The lowest BCUT2D eigenvalue weighted by molar-refractivity contribution is 0.600. The molecular formula is C10H16N6O2S2. The molecule has 10 heteroatoms. The first kappa shape index (κ1) is 14.9. The van der Waals surface area contributed by atoms with Gasteiger partial charge in [-0.2, -0.15) is 20.2 Å². The van der Waals surface area contributed by atoms with Gasteiger partial charge in [0.1, 0.15) is 5.82 Å². The van der Waals surface area contributed by atoms with Gasteiger partial charge < -0.3 is 15.6 Å². The van der Waals surface area contributed by atoms with Gasteiger partial charge in [0.05, 0.1) is 5.69 Å². The summed E-state index contributed by atoms with van der Waals surface area (Å²) in [5, 5.41) is 5.65. The average molecular weight is 316 g/mol. The molecule has 1 aliphatic rings. The largest absolute Gasteiger partial charge is 0.369 e. The molecule has 0 saturated carbocycles. The van der Waals surface area contributed by atoms with Gasteiger partial charge in [-0.25, -0.2) is 4.98 Å². The topological polar surface area (TPSA) is 112 Å². The predicted molar refractivity (Wildman–Crippen MR) is 80.3 cm³/mol. The molecule has 0 atom stereocenters. The quantitative estimate of drug-likeness (QED) is 0.650. The van der Waals surface area contributed by atoms with Crippen molar-refractivity contribution in [1.82, 2.24) is 20.6 Å². The number of nitrogens with one attached hydrogen (secondary N) is 3. The minimum Gasteiger partial charge on any atom is -0.369 e. The molecule has 3 N–H and O–H groups in total. The second-order valence-electron chi connectivity index (χ2n) is 4.03. The summed E-state index contributed by atoms with van der Waals surface area (Å²) in [6, 6.07) is 0. The van der Waals surface area contributed by atoms with E-state index in [1.807, 2.05) is 13.1 Å². The van der Waals surface area contributed by atoms with Gasteiger partial charge in [-0.1, -0.05) is 0 Å². The fraction of sp³-hybridized carbons (Fsp3) is 0.500. The summed E-state index contributed by atoms with van der Waals surface area (Å²) in [6.45, 7) is 2.51. The normalized spacial score (nSPS) is 16.7. The number of aromatic amines is 1. The first-order valence-electron chi connectivity index (χ1n) is 5.95. The van der Waals surface area contributed by atoms with E-state index in [0.29, 0.717) is 6.54 Å². The molecule has 0 spiro atoms. The summed E-state index contributed by atoms with van der Waals surface area (Å²) in [7, 11) is -2.11. The Balaban J connectivity index is 1.73. The van der Waals surface area contributed by atoms with Crippen LogP contribution in [0.3, 0.4) is 0 Å². The summed E-state index contributed by atoms with van der Waals surface area (Å²) in [4.78, 5) is 7.33. The zero-order valence-electron chi connectivity index (χ0n) is 11.2. The summed E-state index contributed by atoms with van der Waals surface area (Å²) >= 11 is 1.70. The molecule has 0 bridgehead atoms. The van der Waals surface area contributed by atoms with Crippen LogP contribution in [0.1, 0.15) is 11.5 Å². The molecule has 1 aliphatic heterocycles. The van der Waals surface area contributed by atoms with Crippen LogP contribution >= 0.6 is 11.8 Å². The molecule has 0 radical (unpaired) electrons. The van der Waals surface area contributed by atoms with Crippen LogP contribution in [0.4, 0.5) is 0 Å². The van der Waals surface area contributed by atoms with Gasteiger partial charge in [0.25, 0.3) is 0 Å². The minimum absolute atomic E-state index is 0.248. The van der Waals surface area contributed by atoms with Gasteiger partial charge in [0, 0.05) is 31.3 Å². The molecule has 1 aromatic heterocycles. The van der Waals surface area contributed by atoms with E-state index in [9.17, 15) is 8.42 Å². The van der Waals surface area contributed by atoms with Crippen molar-refractivity contribution < 1.29 is 8.42 Å². The van der Waals surface area contributed by atoms with Gasteiger partial charge in [-0.05, 0) is 6.92 Å². The Kier molecular flexibility index (Phi) is 4.65. The van der Waals surface area contributed by atoms with Gasteiger partial charge >= 0.3 is 10.2 Å². The van der Waals surface area contributed by atoms with Crippen LogP contribution in [0.2, 0.25) is 0 Å². The van der Waals surface area contributed by atoms with Crippen molar-refractivity contribution in [3.8, 4) is 0 Å². The third-order valence-corrected chi connectivity index (χ3v) is 4.24. The third kappa shape index (κ3) is 3.97. The van der Waals surface area contributed by atoms with E-state index >= 15 is 0 Å². The maximum atomic E-state index is 11.2. The number of aromatic nitrogens is 2. The van der Waals surface area contributed by atoms with E-state index in [1.54, 1.807) is 18.8 Å². The maximum Gasteiger partial charge on any atom is 0.367 e. The fourth-order valence-electron chi connectivity index (χ4n) is 1.58. The highest BCUT2D eigenvalue weighted by Crippen LogP contribution is 2.09. The van der Waals surface area contributed by atoms with Crippen molar-refractivity contribution in [1.29, 1.82) is 0 Å². The molecule has 0 amide bonds. The number of amidine groups is 2. The highest BCUT2D eigenvalue weighted by Gasteiger charge is 2.22. The molecule has 20 heavy (non-hydrogen) atoms. The lowest BCUT2D eigenvalue weighted by atomic mass is 10.5. The number of likely N-dealkylation sites (N-methyl/N-ethyl adjacent to an activating group) is 1. The predicted octanol–water partition coefficient (Wildman–Crippen LogP) is -0.184. The highest BCUT2D eigenvalue weighted by atomic mass is 32.2. The Labute approximate surface area is 121 Å². The molecule has 8 nitrogen and oxygen atoms in total. The lowest BCUT2D eigenvalue weighted by Gasteiger charge is -2.06. The van der Waals surface area contributed by atoms with Crippen LogP contribution in [0.5, 0.6) is 0 Å². The smallest absolute Gasteiger partial charge is 0.367 e. The first-order valence-corrected chi connectivity index (χ1v) is 8.51. The fourth-order valence-corrected chi connectivity index (χ4v) is 3.16. The SMILES string of the molecule is CNC1=NS(=O)(=O)N=C1NCCSCc1c[nH]c(C)n1. The van der Waals surface area contributed by atoms with Gasteiger partial charge in [-0.3, -0.25) is 0 Å². The monoisotopic (exact) mass is 316 g/mol. The van der Waals surface area contributed by atoms with Crippen molar-refractivity contribution in [2.45, 2.75) is 12.7 Å². The number of hydrogen-bond donors (Lipinski definition) is 3. The Bertz CT molecular complexity index is 634. The van der Waals surface area contributed by atoms with E-state index in [4.69, 9.17) is 0 Å². The molecule has 110 valence electrons. The number of nitrogens with zero attached hydrogens (tertiary/aromatic N) is 3. The summed E-state index contributed by atoms with van der Waals surface area (Å²) in [6.07, 6.45) is 1.88. The molecule has 2 rings (SSSR count). The van der Waals surface area contributed by atoms with E-state index < -0.39 is 10.2 Å². The van der Waals surface area contributed by atoms with Gasteiger partial charge in [-0.15, -0.1) is 8.80 Å². The molecule has 0 fully saturated rings. The van der Waals surface area contributed by atoms with Crippen molar-refractivity contribution in [3.63, 3.8) is 0 Å². The number of thioether (sulfide) groups is 1. The summed E-state index contributed by atoms with van der Waals surface area (Å²) in [5.41, 5.74) is 1.01. The molecule has 2 heterocycles. The zero-order valence-corrected chi connectivity index (χ0v) is 12.8. The van der Waals surface area contributed by atoms with E-state index in [0.717, 1.165) is 23.0 Å². The number of hydrogen-bond acceptors (Lipinski definition) is 6. The van der Waals surface area contributed by atoms with Gasteiger partial charge in [0.2, 0.25) is 0 Å². The highest BCUT2D eigenvalue weighted by molar-refractivity contribution is 7.98. The van der Waals surface area contributed by atoms with Crippen LogP contribution in [-0.4, -0.2) is 49.4 Å². The first-order chi connectivity index (χ1) is 9.50. The van der Waals surface area contributed by atoms with Crippen LogP contribution < -0.4 is 10.6 Å². The zero-order chi connectivity index (χ0) is 14.6. The molecule has 0 unspecified atom stereocenters. The van der Waals surface area contributed by atoms with E-state index in [-0.39, 0.29) is 11.7 Å². The Morgan fingerprint density at radius 1 is 1.35 bits per heavy atom. The van der Waals surface area contributed by atoms with Crippen LogP contribution in [-0.2, 0) is 16.0 Å². The van der Waals surface area contributed by atoms with Crippen LogP contribution in [0, 0.1) is 6.92 Å². The number of rotatable bonds is 5. The van der Waals surface area contributed by atoms with Gasteiger partial charge in [0.15, 0.2) is 11.7 Å². The minimum atomic E-state index is -3.71. The van der Waals surface area contributed by atoms with Crippen LogP contribution in [0.15, 0.2) is 15.0 Å². The summed E-state index contributed by atoms with van der Waals surface area (Å²) < 4.78 is 29.4. The number of H-pyrrole nitrogens is 1. The van der Waals surface area contributed by atoms with E-state index in [2.05, 4.69) is 29.4 Å². The molecular weight excluding hydrogens is 300 g/mol. The summed E-state index contributed by atoms with van der Waals surface area (Å²) in [5.74, 6) is 3.03. The molecule has 1 aromatic rings. The Hall–Kier alpha value is -1.55. The third-order valence-electron chi connectivity index (χ3n) is 2.42. The van der Waals surface area contributed by atoms with Crippen molar-refractivity contribution in [2.75, 3.05) is 19.3 Å². The Morgan fingerprint density at radius 2 is 2.10 bits per heavy atom. The second-order valence-corrected chi connectivity index (χ2v) is 6.40. The van der Waals surface area contributed by atoms with Crippen molar-refractivity contribution in [2.24, 2.45) is 8.80 Å². The average Bonchev–Trinajstić information content (AvgIpc) is 2.92. The molecule has 0 aromatic carbocycles. The van der Waals surface area contributed by atoms with E-state index in [1.165, 1.54) is 0 Å². The Morgan fingerprint density at radius 3 is 2.75 bits per heavy atom.